The molecule has 23 heavy (non-hydrogen) atoms. The zero-order chi connectivity index (χ0) is 17.8. The van der Waals surface area contributed by atoms with Crippen molar-refractivity contribution in [2.24, 2.45) is 0 Å². The van der Waals surface area contributed by atoms with E-state index >= 15 is 0 Å². The number of benzene rings is 1. The number of carbonyl (C=O) groups excluding carboxylic acids is 2. The predicted molar refractivity (Wildman–Crippen MR) is 69.9 cm³/mol. The Morgan fingerprint density at radius 3 is 2.09 bits per heavy atom. The van der Waals surface area contributed by atoms with Crippen LogP contribution in [0.2, 0.25) is 0 Å². The van der Waals surface area contributed by atoms with Gasteiger partial charge >= 0.3 is 24.0 Å². The van der Waals surface area contributed by atoms with Crippen molar-refractivity contribution in [3.8, 4) is 0 Å². The van der Waals surface area contributed by atoms with E-state index in [9.17, 15) is 31.5 Å². The van der Waals surface area contributed by atoms with Crippen molar-refractivity contribution in [1.82, 2.24) is 5.06 Å². The van der Waals surface area contributed by atoms with Gasteiger partial charge in [-0.25, -0.2) is 9.86 Å². The number of amides is 3. The fourth-order valence-corrected chi connectivity index (χ4v) is 1.30. The minimum Gasteiger partial charge on any atom is -0.320 e. The third-order valence-electron chi connectivity index (χ3n) is 2.57. The van der Waals surface area contributed by atoms with Crippen molar-refractivity contribution in [3.05, 3.63) is 24.3 Å². The Balaban J connectivity index is 2.86. The summed E-state index contributed by atoms with van der Waals surface area (Å²) in [5.41, 5.74) is -0.302. The summed E-state index contributed by atoms with van der Waals surface area (Å²) in [4.78, 5) is 27.2. The third-order valence-corrected chi connectivity index (χ3v) is 2.57. The van der Waals surface area contributed by atoms with E-state index in [2.05, 4.69) is 10.2 Å². The van der Waals surface area contributed by atoms with Gasteiger partial charge < -0.3 is 10.6 Å². The van der Waals surface area contributed by atoms with E-state index in [0.717, 1.165) is 17.2 Å². The van der Waals surface area contributed by atoms with Crippen LogP contribution < -0.4 is 10.6 Å². The molecule has 0 aliphatic carbocycles. The summed E-state index contributed by atoms with van der Waals surface area (Å²) in [6, 6.07) is 3.94. The van der Waals surface area contributed by atoms with Gasteiger partial charge in [-0.2, -0.15) is 22.0 Å². The second-order valence-electron chi connectivity index (χ2n) is 4.22. The molecule has 0 saturated carbocycles. The van der Waals surface area contributed by atoms with E-state index in [1.54, 1.807) is 0 Å². The summed E-state index contributed by atoms with van der Waals surface area (Å²) in [6.45, 7) is 0. The Bertz CT molecular complexity index is 592. The molecule has 1 rings (SSSR count). The number of carbonyl (C=O) groups is 2. The molecular weight excluding hydrogens is 329 g/mol. The largest absolute Gasteiger partial charge is 0.463 e. The summed E-state index contributed by atoms with van der Waals surface area (Å²) >= 11 is 0. The molecule has 0 spiro atoms. The topological polar surface area (TPSA) is 70.7 Å². The monoisotopic (exact) mass is 341 g/mol. The minimum absolute atomic E-state index is 0.0482. The van der Waals surface area contributed by atoms with Gasteiger partial charge in [0.15, 0.2) is 0 Å². The highest BCUT2D eigenvalue weighted by molar-refractivity contribution is 5.97. The van der Waals surface area contributed by atoms with Crippen LogP contribution in [0.3, 0.4) is 0 Å². The first-order chi connectivity index (χ1) is 10.5. The average Bonchev–Trinajstić information content (AvgIpc) is 2.45. The number of hydrogen-bond acceptors (Lipinski definition) is 3. The van der Waals surface area contributed by atoms with Crippen LogP contribution in [0.1, 0.15) is 0 Å². The molecular formula is C12H12F5N3O3. The first-order valence-corrected chi connectivity index (χ1v) is 5.94. The molecule has 1 aromatic carbocycles. The van der Waals surface area contributed by atoms with Crippen LogP contribution in [-0.4, -0.2) is 43.3 Å². The molecule has 0 radical (unpaired) electrons. The van der Waals surface area contributed by atoms with Gasteiger partial charge in [0, 0.05) is 18.4 Å². The summed E-state index contributed by atoms with van der Waals surface area (Å²) in [5.74, 6) is -8.06. The second kappa shape index (κ2) is 6.77. The lowest BCUT2D eigenvalue weighted by Crippen LogP contribution is -2.47. The third kappa shape index (κ3) is 4.52. The molecule has 11 heteroatoms. The molecule has 0 saturated heterocycles. The Morgan fingerprint density at radius 1 is 1.09 bits per heavy atom. The van der Waals surface area contributed by atoms with Crippen molar-refractivity contribution < 1.29 is 36.4 Å². The molecule has 3 amide bonds. The number of hydrogen-bond donors (Lipinski definition) is 2. The van der Waals surface area contributed by atoms with Gasteiger partial charge in [0.25, 0.3) is 0 Å². The number of anilines is 2. The maximum atomic E-state index is 12.8. The highest BCUT2D eigenvalue weighted by atomic mass is 19.4. The average molecular weight is 341 g/mol. The summed E-state index contributed by atoms with van der Waals surface area (Å²) < 4.78 is 61.9. The van der Waals surface area contributed by atoms with Crippen LogP contribution in [-0.2, 0) is 9.63 Å². The molecule has 0 fully saturated rings. The Kier molecular flexibility index (Phi) is 5.48. The van der Waals surface area contributed by atoms with Crippen LogP contribution in [0.5, 0.6) is 0 Å². The van der Waals surface area contributed by atoms with Crippen LogP contribution >= 0.6 is 0 Å². The van der Waals surface area contributed by atoms with Crippen LogP contribution in [0.25, 0.3) is 0 Å². The zero-order valence-corrected chi connectivity index (χ0v) is 11.9. The quantitative estimate of drug-likeness (QED) is 0.653. The molecule has 128 valence electrons. The van der Waals surface area contributed by atoms with Gasteiger partial charge in [0.1, 0.15) is 0 Å². The van der Waals surface area contributed by atoms with Crippen molar-refractivity contribution in [2.75, 3.05) is 24.8 Å². The van der Waals surface area contributed by atoms with Crippen LogP contribution in [0.4, 0.5) is 38.1 Å². The van der Waals surface area contributed by atoms with E-state index < -0.39 is 24.0 Å². The predicted octanol–water partition coefficient (Wildman–Crippen LogP) is 2.85. The van der Waals surface area contributed by atoms with E-state index in [0.29, 0.717) is 0 Å². The maximum Gasteiger partial charge on any atom is 0.463 e. The number of rotatable bonds is 4. The van der Waals surface area contributed by atoms with Gasteiger partial charge in [-0.3, -0.25) is 9.63 Å². The lowest BCUT2D eigenvalue weighted by atomic mass is 10.2. The van der Waals surface area contributed by atoms with E-state index in [-0.39, 0.29) is 11.4 Å². The maximum absolute atomic E-state index is 12.8. The fraction of sp³-hybridized carbons (Fsp3) is 0.333. The standard InChI is InChI=1S/C12H12F5N3O3/c1-20(23-2)10(22)19-8-5-3-4-7(6-8)18-9(21)11(13,14)12(15,16)17/h3-6H,1-2H3,(H,18,21)(H,19,22). The summed E-state index contributed by atoms with van der Waals surface area (Å²) in [7, 11) is 2.50. The summed E-state index contributed by atoms with van der Waals surface area (Å²) in [5, 5.41) is 4.53. The highest BCUT2D eigenvalue weighted by Gasteiger charge is 2.63. The number of nitrogens with one attached hydrogen (secondary N) is 2. The molecule has 0 unspecified atom stereocenters. The first-order valence-electron chi connectivity index (χ1n) is 5.94. The van der Waals surface area contributed by atoms with Gasteiger partial charge in [-0.15, -0.1) is 0 Å². The smallest absolute Gasteiger partial charge is 0.320 e. The van der Waals surface area contributed by atoms with Crippen molar-refractivity contribution in [2.45, 2.75) is 12.1 Å². The highest BCUT2D eigenvalue weighted by Crippen LogP contribution is 2.36. The molecule has 0 aromatic heterocycles. The van der Waals surface area contributed by atoms with Crippen molar-refractivity contribution in [1.29, 1.82) is 0 Å². The van der Waals surface area contributed by atoms with Gasteiger partial charge in [0.2, 0.25) is 0 Å². The second-order valence-corrected chi connectivity index (χ2v) is 4.22. The lowest BCUT2D eigenvalue weighted by Gasteiger charge is -2.19. The number of alkyl halides is 5. The first kappa shape index (κ1) is 18.6. The van der Waals surface area contributed by atoms with Gasteiger partial charge in [0.05, 0.1) is 7.11 Å². The number of halogens is 5. The molecule has 6 nitrogen and oxygen atoms in total. The van der Waals surface area contributed by atoms with E-state index in [1.807, 2.05) is 0 Å². The normalized spacial score (nSPS) is 11.8. The van der Waals surface area contributed by atoms with E-state index in [4.69, 9.17) is 0 Å². The van der Waals surface area contributed by atoms with Crippen LogP contribution in [0, 0.1) is 0 Å². The molecule has 0 heterocycles. The Labute approximate surface area is 127 Å². The Hall–Kier alpha value is -2.43. The van der Waals surface area contributed by atoms with Gasteiger partial charge in [-0.1, -0.05) is 6.07 Å². The van der Waals surface area contributed by atoms with Crippen molar-refractivity contribution >= 4 is 23.3 Å². The zero-order valence-electron chi connectivity index (χ0n) is 11.9. The Morgan fingerprint density at radius 2 is 1.61 bits per heavy atom. The molecule has 0 atom stereocenters. The summed E-state index contributed by atoms with van der Waals surface area (Å²) in [6.07, 6.45) is -6.01. The van der Waals surface area contributed by atoms with Crippen molar-refractivity contribution in [3.63, 3.8) is 0 Å². The minimum atomic E-state index is -6.01. The molecule has 0 aliphatic rings. The molecule has 2 N–H and O–H groups in total. The van der Waals surface area contributed by atoms with E-state index in [1.165, 1.54) is 31.6 Å². The molecule has 0 bridgehead atoms. The van der Waals surface area contributed by atoms with Gasteiger partial charge in [-0.05, 0) is 18.2 Å². The number of nitrogens with zero attached hydrogens (tertiary/aromatic N) is 1. The number of hydroxylamine groups is 2. The lowest BCUT2D eigenvalue weighted by molar-refractivity contribution is -0.267. The molecule has 0 aliphatic heterocycles. The fourth-order valence-electron chi connectivity index (χ4n) is 1.30. The molecule has 1 aromatic rings. The van der Waals surface area contributed by atoms with Crippen LogP contribution in [0.15, 0.2) is 24.3 Å². The number of urea groups is 1. The SMILES string of the molecule is CON(C)C(=O)Nc1cccc(NC(=O)C(F)(F)C(F)(F)F)c1.